The number of aromatic nitrogens is 6. The van der Waals surface area contributed by atoms with Gasteiger partial charge in [-0.3, -0.25) is 19.5 Å². The quantitative estimate of drug-likeness (QED) is 0.511. The van der Waals surface area contributed by atoms with E-state index < -0.39 is 11.1 Å². The van der Waals surface area contributed by atoms with Crippen LogP contribution in [0.4, 0.5) is 5.69 Å². The molecule has 154 valence electrons. The molecule has 0 unspecified atom stereocenters. The van der Waals surface area contributed by atoms with Crippen molar-refractivity contribution < 1.29 is 4.79 Å². The molecule has 4 aromatic rings. The fraction of sp³-hybridized carbons (Fsp3) is 0.143. The third-order valence-electron chi connectivity index (χ3n) is 4.97. The molecule has 10 nitrogen and oxygen atoms in total. The van der Waals surface area contributed by atoms with Crippen molar-refractivity contribution in [1.82, 2.24) is 30.0 Å². The minimum Gasteiger partial charge on any atom is -0.322 e. The fourth-order valence-corrected chi connectivity index (χ4v) is 3.26. The van der Waals surface area contributed by atoms with Crippen LogP contribution in [-0.4, -0.2) is 35.9 Å². The lowest BCUT2D eigenvalue weighted by molar-refractivity contribution is 0.102. The summed E-state index contributed by atoms with van der Waals surface area (Å²) in [6.07, 6.45) is 2.16. The predicted octanol–water partition coefficient (Wildman–Crippen LogP) is 1.77. The highest BCUT2D eigenvalue weighted by molar-refractivity contribution is 6.04. The third-order valence-corrected chi connectivity index (χ3v) is 4.97. The predicted molar refractivity (Wildman–Crippen MR) is 112 cm³/mol. The van der Waals surface area contributed by atoms with E-state index in [1.165, 1.54) is 12.1 Å². The van der Waals surface area contributed by atoms with Crippen LogP contribution in [0.25, 0.3) is 17.1 Å². The number of amides is 1. The molecule has 0 bridgehead atoms. The van der Waals surface area contributed by atoms with E-state index in [0.29, 0.717) is 28.8 Å². The van der Waals surface area contributed by atoms with E-state index in [1.54, 1.807) is 30.3 Å². The number of aromatic amines is 1. The van der Waals surface area contributed by atoms with Crippen LogP contribution in [-0.2, 0) is 0 Å². The van der Waals surface area contributed by atoms with Gasteiger partial charge in [-0.15, -0.1) is 5.10 Å². The number of tetrazole rings is 1. The highest BCUT2D eigenvalue weighted by Gasteiger charge is 2.28. The maximum atomic E-state index is 12.7. The second kappa shape index (κ2) is 7.48. The average Bonchev–Trinajstić information content (AvgIpc) is 3.52. The number of anilines is 1. The van der Waals surface area contributed by atoms with Crippen LogP contribution in [0.15, 0.2) is 70.3 Å². The molecule has 1 aliphatic carbocycles. The van der Waals surface area contributed by atoms with Crippen molar-refractivity contribution in [2.45, 2.75) is 18.9 Å². The molecular weight excluding hydrogens is 398 g/mol. The molecule has 10 heteroatoms. The Bertz CT molecular complexity index is 1380. The zero-order valence-electron chi connectivity index (χ0n) is 16.2. The Kier molecular flexibility index (Phi) is 4.51. The van der Waals surface area contributed by atoms with Crippen LogP contribution in [0.1, 0.15) is 29.2 Å². The normalized spacial score (nSPS) is 13.2. The molecule has 31 heavy (non-hydrogen) atoms. The molecule has 0 radical (unpaired) electrons. The molecule has 1 aliphatic rings. The minimum atomic E-state index is -0.415. The zero-order valence-corrected chi connectivity index (χ0v) is 16.2. The standard InChI is InChI=1S/C21H17N7O3/c29-18-10-11-19(30)27(24-18)17-3-1-2-14(12-17)21(31)22-15-6-4-13(5-7-15)20-23-25-26-28(20)16-8-9-16/h1-7,10-12,16H,8-9H2,(H,22,31)(H,24,29). The smallest absolute Gasteiger partial charge is 0.269 e. The molecule has 2 aromatic carbocycles. The molecular formula is C21H17N7O3. The van der Waals surface area contributed by atoms with E-state index in [0.717, 1.165) is 29.2 Å². The number of hydrogen-bond donors (Lipinski definition) is 2. The lowest BCUT2D eigenvalue weighted by Crippen LogP contribution is -2.26. The average molecular weight is 415 g/mol. The molecule has 2 N–H and O–H groups in total. The van der Waals surface area contributed by atoms with Crippen LogP contribution in [0.2, 0.25) is 0 Å². The topological polar surface area (TPSA) is 128 Å². The van der Waals surface area contributed by atoms with Gasteiger partial charge in [0, 0.05) is 28.9 Å². The van der Waals surface area contributed by atoms with Crippen LogP contribution in [0.3, 0.4) is 0 Å². The van der Waals surface area contributed by atoms with Gasteiger partial charge in [0.2, 0.25) is 0 Å². The van der Waals surface area contributed by atoms with Crippen LogP contribution in [0, 0.1) is 0 Å². The van der Waals surface area contributed by atoms with Gasteiger partial charge in [-0.1, -0.05) is 6.07 Å². The van der Waals surface area contributed by atoms with Gasteiger partial charge < -0.3 is 5.32 Å². The molecule has 0 atom stereocenters. The van der Waals surface area contributed by atoms with Crippen molar-refractivity contribution in [2.24, 2.45) is 0 Å². The molecule has 5 rings (SSSR count). The minimum absolute atomic E-state index is 0.343. The summed E-state index contributed by atoms with van der Waals surface area (Å²) in [7, 11) is 0. The number of nitrogens with one attached hydrogen (secondary N) is 2. The molecule has 0 aliphatic heterocycles. The summed E-state index contributed by atoms with van der Waals surface area (Å²) >= 11 is 0. The summed E-state index contributed by atoms with van der Waals surface area (Å²) < 4.78 is 2.92. The first-order valence-corrected chi connectivity index (χ1v) is 9.71. The summed E-state index contributed by atoms with van der Waals surface area (Å²) in [6, 6.07) is 16.4. The number of hydrogen-bond acceptors (Lipinski definition) is 6. The van der Waals surface area contributed by atoms with Gasteiger partial charge in [0.1, 0.15) is 0 Å². The van der Waals surface area contributed by atoms with Crippen molar-refractivity contribution in [2.75, 3.05) is 5.32 Å². The van der Waals surface area contributed by atoms with Gasteiger partial charge >= 0.3 is 0 Å². The van der Waals surface area contributed by atoms with Gasteiger partial charge in [0.15, 0.2) is 5.82 Å². The highest BCUT2D eigenvalue weighted by Crippen LogP contribution is 2.36. The molecule has 2 aromatic heterocycles. The van der Waals surface area contributed by atoms with Crippen LogP contribution in [0.5, 0.6) is 0 Å². The van der Waals surface area contributed by atoms with E-state index >= 15 is 0 Å². The van der Waals surface area contributed by atoms with Gasteiger partial charge in [-0.25, -0.2) is 9.36 Å². The van der Waals surface area contributed by atoms with E-state index in [4.69, 9.17) is 0 Å². The van der Waals surface area contributed by atoms with Crippen molar-refractivity contribution in [3.05, 3.63) is 86.9 Å². The van der Waals surface area contributed by atoms with Gasteiger partial charge in [0.25, 0.3) is 17.0 Å². The van der Waals surface area contributed by atoms with Crippen molar-refractivity contribution in [1.29, 1.82) is 0 Å². The van der Waals surface area contributed by atoms with E-state index in [2.05, 4.69) is 25.9 Å². The van der Waals surface area contributed by atoms with Crippen LogP contribution >= 0.6 is 0 Å². The van der Waals surface area contributed by atoms with E-state index in [1.807, 2.05) is 16.8 Å². The second-order valence-corrected chi connectivity index (χ2v) is 7.24. The number of rotatable bonds is 5. The monoisotopic (exact) mass is 415 g/mol. The van der Waals surface area contributed by atoms with E-state index in [-0.39, 0.29) is 5.91 Å². The summed E-state index contributed by atoms with van der Waals surface area (Å²) in [5.74, 6) is 0.360. The summed E-state index contributed by atoms with van der Waals surface area (Å²) in [5, 5.41) is 17.2. The van der Waals surface area contributed by atoms with Gasteiger partial charge in [-0.2, -0.15) is 0 Å². The Morgan fingerprint density at radius 3 is 2.61 bits per heavy atom. The molecule has 2 heterocycles. The Hall–Kier alpha value is -4.34. The molecule has 1 saturated carbocycles. The Labute approximate surface area is 175 Å². The molecule has 0 spiro atoms. The summed E-state index contributed by atoms with van der Waals surface area (Å²) in [6.45, 7) is 0. The molecule has 0 saturated heterocycles. The zero-order chi connectivity index (χ0) is 21.4. The first-order valence-electron chi connectivity index (χ1n) is 9.71. The Morgan fingerprint density at radius 1 is 1.03 bits per heavy atom. The lowest BCUT2D eigenvalue weighted by Gasteiger charge is -2.09. The number of nitrogens with zero attached hydrogens (tertiary/aromatic N) is 5. The SMILES string of the molecule is O=C(Nc1ccc(-c2nnnn2C2CC2)cc1)c1cccc(-n2[nH]c(=O)ccc2=O)c1. The number of carbonyl (C=O) groups excluding carboxylic acids is 1. The van der Waals surface area contributed by atoms with Gasteiger partial charge in [-0.05, 0) is 65.7 Å². The number of benzene rings is 2. The Balaban J connectivity index is 1.36. The fourth-order valence-electron chi connectivity index (χ4n) is 3.26. The summed E-state index contributed by atoms with van der Waals surface area (Å²) in [4.78, 5) is 36.3. The Morgan fingerprint density at radius 2 is 1.84 bits per heavy atom. The molecule has 1 fully saturated rings. The van der Waals surface area contributed by atoms with Crippen LogP contribution < -0.4 is 16.4 Å². The maximum absolute atomic E-state index is 12.7. The first kappa shape index (κ1) is 18.7. The summed E-state index contributed by atoms with van der Waals surface area (Å²) in [5.41, 5.74) is 1.39. The molecule has 1 amide bonds. The van der Waals surface area contributed by atoms with E-state index in [9.17, 15) is 14.4 Å². The first-order chi connectivity index (χ1) is 15.1. The number of H-pyrrole nitrogens is 1. The van der Waals surface area contributed by atoms with Crippen molar-refractivity contribution in [3.8, 4) is 17.1 Å². The highest BCUT2D eigenvalue weighted by atomic mass is 16.2. The largest absolute Gasteiger partial charge is 0.322 e. The number of carbonyl (C=O) groups is 1. The van der Waals surface area contributed by atoms with Crippen molar-refractivity contribution in [3.63, 3.8) is 0 Å². The maximum Gasteiger partial charge on any atom is 0.269 e. The second-order valence-electron chi connectivity index (χ2n) is 7.24. The van der Waals surface area contributed by atoms with Crippen molar-refractivity contribution >= 4 is 11.6 Å². The third kappa shape index (κ3) is 3.78. The lowest BCUT2D eigenvalue weighted by atomic mass is 10.1. The van der Waals surface area contributed by atoms with Gasteiger partial charge in [0.05, 0.1) is 11.7 Å².